The highest BCUT2D eigenvalue weighted by atomic mass is 19.1. The van der Waals surface area contributed by atoms with Crippen LogP contribution in [0.3, 0.4) is 0 Å². The molecule has 17 heavy (non-hydrogen) atoms. The van der Waals surface area contributed by atoms with Gasteiger partial charge in [0.2, 0.25) is 6.41 Å². The van der Waals surface area contributed by atoms with Gasteiger partial charge in [0.15, 0.2) is 0 Å². The Morgan fingerprint density at radius 2 is 2.29 bits per heavy atom. The Labute approximate surface area is 96.3 Å². The summed E-state index contributed by atoms with van der Waals surface area (Å²) in [5.74, 6) is -0.381. The van der Waals surface area contributed by atoms with Gasteiger partial charge >= 0.3 is 5.69 Å². The number of fused-ring (bicyclic) bond motifs is 1. The molecule has 1 heterocycles. The van der Waals surface area contributed by atoms with Gasteiger partial charge in [-0.1, -0.05) is 0 Å². The molecule has 2 N–H and O–H groups in total. The third kappa shape index (κ3) is 2.35. The summed E-state index contributed by atoms with van der Waals surface area (Å²) >= 11 is 0. The average Bonchev–Trinajstić information content (AvgIpc) is 2.60. The van der Waals surface area contributed by atoms with Gasteiger partial charge in [0.1, 0.15) is 5.82 Å². The number of imidazole rings is 1. The molecular formula is C11H12FN3O2. The third-order valence-electron chi connectivity index (χ3n) is 2.52. The lowest BCUT2D eigenvalue weighted by atomic mass is 10.3. The zero-order chi connectivity index (χ0) is 12.3. The Kier molecular flexibility index (Phi) is 3.22. The van der Waals surface area contributed by atoms with Gasteiger partial charge in [-0.15, -0.1) is 0 Å². The summed E-state index contributed by atoms with van der Waals surface area (Å²) in [7, 11) is 0. The lowest BCUT2D eigenvalue weighted by Gasteiger charge is -2.02. The first-order valence-corrected chi connectivity index (χ1v) is 5.27. The first-order valence-electron chi connectivity index (χ1n) is 5.27. The standard InChI is InChI=1S/C11H12FN3O2/c12-8-2-3-10-9(6-8)14-11(17)15(10)5-1-4-13-7-16/h2-3,6-7H,1,4-5H2,(H,13,16)(H,14,17). The van der Waals surface area contributed by atoms with Gasteiger partial charge in [-0.3, -0.25) is 9.36 Å². The Morgan fingerprint density at radius 3 is 3.06 bits per heavy atom. The molecule has 0 aliphatic carbocycles. The van der Waals surface area contributed by atoms with E-state index in [1.807, 2.05) is 0 Å². The maximum Gasteiger partial charge on any atom is 0.326 e. The van der Waals surface area contributed by atoms with Gasteiger partial charge in [-0.2, -0.15) is 0 Å². The van der Waals surface area contributed by atoms with E-state index in [0.717, 1.165) is 0 Å². The number of aryl methyl sites for hydroxylation is 1. The number of carbonyl (C=O) groups excluding carboxylic acids is 1. The molecular weight excluding hydrogens is 225 g/mol. The average molecular weight is 237 g/mol. The van der Waals surface area contributed by atoms with E-state index < -0.39 is 0 Å². The Balaban J connectivity index is 2.24. The van der Waals surface area contributed by atoms with Crippen molar-refractivity contribution in [3.63, 3.8) is 0 Å². The minimum absolute atomic E-state index is 0.267. The zero-order valence-electron chi connectivity index (χ0n) is 9.07. The fourth-order valence-corrected chi connectivity index (χ4v) is 1.76. The molecule has 0 spiro atoms. The molecule has 0 saturated heterocycles. The van der Waals surface area contributed by atoms with E-state index in [9.17, 15) is 14.0 Å². The van der Waals surface area contributed by atoms with Gasteiger partial charge < -0.3 is 10.3 Å². The quantitative estimate of drug-likeness (QED) is 0.591. The highest BCUT2D eigenvalue weighted by Crippen LogP contribution is 2.11. The van der Waals surface area contributed by atoms with Crippen LogP contribution in [0.25, 0.3) is 11.0 Å². The van der Waals surface area contributed by atoms with Crippen molar-refractivity contribution in [2.24, 2.45) is 0 Å². The van der Waals surface area contributed by atoms with Crippen molar-refractivity contribution < 1.29 is 9.18 Å². The summed E-state index contributed by atoms with van der Waals surface area (Å²) < 4.78 is 14.5. The number of carbonyl (C=O) groups is 1. The number of hydrogen-bond acceptors (Lipinski definition) is 2. The van der Waals surface area contributed by atoms with Crippen molar-refractivity contribution >= 4 is 17.4 Å². The van der Waals surface area contributed by atoms with E-state index in [-0.39, 0.29) is 11.5 Å². The van der Waals surface area contributed by atoms with Crippen LogP contribution >= 0.6 is 0 Å². The van der Waals surface area contributed by atoms with E-state index >= 15 is 0 Å². The number of hydrogen-bond donors (Lipinski definition) is 2. The normalized spacial score (nSPS) is 10.6. The predicted octanol–water partition coefficient (Wildman–Crippen LogP) is 0.605. The first kappa shape index (κ1) is 11.4. The summed E-state index contributed by atoms with van der Waals surface area (Å²) in [5, 5.41) is 2.52. The van der Waals surface area contributed by atoms with Crippen molar-refractivity contribution in [2.75, 3.05) is 6.54 Å². The first-order chi connectivity index (χ1) is 8.22. The largest absolute Gasteiger partial charge is 0.359 e. The van der Waals surface area contributed by atoms with Gasteiger partial charge in [0.05, 0.1) is 11.0 Å². The van der Waals surface area contributed by atoms with Crippen molar-refractivity contribution in [3.8, 4) is 0 Å². The summed E-state index contributed by atoms with van der Waals surface area (Å²) in [6.07, 6.45) is 1.26. The minimum atomic E-state index is -0.381. The van der Waals surface area contributed by atoms with Gasteiger partial charge in [0, 0.05) is 13.1 Å². The second kappa shape index (κ2) is 4.82. The topological polar surface area (TPSA) is 66.9 Å². The fourth-order valence-electron chi connectivity index (χ4n) is 1.76. The number of nitrogens with zero attached hydrogens (tertiary/aromatic N) is 1. The third-order valence-corrected chi connectivity index (χ3v) is 2.52. The van der Waals surface area contributed by atoms with Crippen LogP contribution in [-0.4, -0.2) is 22.5 Å². The van der Waals surface area contributed by atoms with Crippen LogP contribution in [0.1, 0.15) is 6.42 Å². The van der Waals surface area contributed by atoms with E-state index in [4.69, 9.17) is 0 Å². The summed E-state index contributed by atoms with van der Waals surface area (Å²) in [6, 6.07) is 4.17. The molecule has 0 bridgehead atoms. The number of H-pyrrole nitrogens is 1. The van der Waals surface area contributed by atoms with Crippen molar-refractivity contribution in [2.45, 2.75) is 13.0 Å². The van der Waals surface area contributed by atoms with Crippen molar-refractivity contribution in [1.82, 2.24) is 14.9 Å². The molecule has 0 unspecified atom stereocenters. The van der Waals surface area contributed by atoms with Crippen LogP contribution in [0.4, 0.5) is 4.39 Å². The van der Waals surface area contributed by atoms with E-state index in [0.29, 0.717) is 37.0 Å². The molecule has 1 aromatic carbocycles. The molecule has 2 aromatic rings. The van der Waals surface area contributed by atoms with E-state index in [2.05, 4.69) is 10.3 Å². The van der Waals surface area contributed by atoms with Crippen LogP contribution in [0.5, 0.6) is 0 Å². The van der Waals surface area contributed by atoms with Gasteiger partial charge in [-0.05, 0) is 24.6 Å². The maximum atomic E-state index is 12.9. The monoisotopic (exact) mass is 237 g/mol. The second-order valence-corrected chi connectivity index (χ2v) is 3.67. The number of halogens is 1. The lowest BCUT2D eigenvalue weighted by Crippen LogP contribution is -2.20. The SMILES string of the molecule is O=CNCCCn1c(=O)[nH]c2cc(F)ccc21. The fraction of sp³-hybridized carbons (Fsp3) is 0.273. The number of benzene rings is 1. The van der Waals surface area contributed by atoms with Gasteiger partial charge in [-0.25, -0.2) is 9.18 Å². The number of aromatic amines is 1. The van der Waals surface area contributed by atoms with Crippen LogP contribution in [0.2, 0.25) is 0 Å². The number of nitrogens with one attached hydrogen (secondary N) is 2. The lowest BCUT2D eigenvalue weighted by molar-refractivity contribution is -0.109. The van der Waals surface area contributed by atoms with E-state index in [1.165, 1.54) is 16.7 Å². The summed E-state index contributed by atoms with van der Waals surface area (Å²) in [5.41, 5.74) is 0.887. The van der Waals surface area contributed by atoms with Crippen molar-refractivity contribution in [3.05, 3.63) is 34.5 Å². The Bertz CT molecular complexity index is 588. The Hall–Kier alpha value is -2.11. The van der Waals surface area contributed by atoms with Gasteiger partial charge in [0.25, 0.3) is 0 Å². The molecule has 1 aromatic heterocycles. The van der Waals surface area contributed by atoms with Crippen LogP contribution in [0.15, 0.2) is 23.0 Å². The van der Waals surface area contributed by atoms with E-state index in [1.54, 1.807) is 6.07 Å². The smallest absolute Gasteiger partial charge is 0.326 e. The molecule has 5 nitrogen and oxygen atoms in total. The van der Waals surface area contributed by atoms with Crippen LogP contribution in [0, 0.1) is 5.82 Å². The molecule has 0 fully saturated rings. The molecule has 0 aliphatic rings. The Morgan fingerprint density at radius 1 is 1.47 bits per heavy atom. The maximum absolute atomic E-state index is 12.9. The second-order valence-electron chi connectivity index (χ2n) is 3.67. The number of amides is 1. The molecule has 90 valence electrons. The highest BCUT2D eigenvalue weighted by molar-refractivity contribution is 5.75. The molecule has 0 saturated carbocycles. The molecule has 1 amide bonds. The van der Waals surface area contributed by atoms with Crippen LogP contribution < -0.4 is 11.0 Å². The number of rotatable bonds is 5. The molecule has 0 aliphatic heterocycles. The highest BCUT2D eigenvalue weighted by Gasteiger charge is 2.06. The molecule has 0 atom stereocenters. The van der Waals surface area contributed by atoms with Crippen molar-refractivity contribution in [1.29, 1.82) is 0 Å². The summed E-state index contributed by atoms with van der Waals surface area (Å²) in [6.45, 7) is 0.981. The molecule has 0 radical (unpaired) electrons. The minimum Gasteiger partial charge on any atom is -0.359 e. The summed E-state index contributed by atoms with van der Waals surface area (Å²) in [4.78, 5) is 24.3. The predicted molar refractivity (Wildman–Crippen MR) is 61.2 cm³/mol. The number of aromatic nitrogens is 2. The van der Waals surface area contributed by atoms with Crippen LogP contribution in [-0.2, 0) is 11.3 Å². The molecule has 2 rings (SSSR count). The molecule has 6 heteroatoms. The zero-order valence-corrected chi connectivity index (χ0v) is 9.07.